The zero-order chi connectivity index (χ0) is 16.1. The van der Waals surface area contributed by atoms with E-state index < -0.39 is 11.9 Å². The average molecular weight is 296 g/mol. The van der Waals surface area contributed by atoms with Crippen LogP contribution in [0.3, 0.4) is 0 Å². The Balaban J connectivity index is 2.34. The molecule has 0 spiro atoms. The molecular weight excluding hydrogens is 280 g/mol. The fraction of sp³-hybridized carbons (Fsp3) is 0.111. The number of allylic oxidation sites excluding steroid dienone is 1. The van der Waals surface area contributed by atoms with E-state index in [1.807, 2.05) is 37.3 Å². The summed E-state index contributed by atoms with van der Waals surface area (Å²) in [5.41, 5.74) is 3.53. The number of hydrogen-bond donors (Lipinski definition) is 2. The first-order valence-electron chi connectivity index (χ1n) is 6.89. The normalized spacial score (nSPS) is 11.2. The third kappa shape index (κ3) is 3.61. The van der Waals surface area contributed by atoms with Gasteiger partial charge in [0.15, 0.2) is 0 Å². The standard InChI is InChI=1S/C18H16O4/c1-2-12(11-17(19)20)13-6-8-14(9-7-13)15-4-3-5-16(10-15)18(21)22/h3-11H,2H2,1H3,(H,19,20)(H,21,22)/b12-11+. The van der Waals surface area contributed by atoms with Crippen LogP contribution in [0.25, 0.3) is 16.7 Å². The molecule has 0 heterocycles. The lowest BCUT2D eigenvalue weighted by molar-refractivity contribution is -0.131. The lowest BCUT2D eigenvalue weighted by Crippen LogP contribution is -1.95. The van der Waals surface area contributed by atoms with E-state index in [1.165, 1.54) is 6.08 Å². The second kappa shape index (κ2) is 6.72. The van der Waals surface area contributed by atoms with E-state index in [1.54, 1.807) is 18.2 Å². The van der Waals surface area contributed by atoms with Gasteiger partial charge in [-0.25, -0.2) is 9.59 Å². The maximum absolute atomic E-state index is 11.0. The van der Waals surface area contributed by atoms with Crippen LogP contribution >= 0.6 is 0 Å². The molecule has 0 atom stereocenters. The molecule has 0 aromatic heterocycles. The molecule has 2 N–H and O–H groups in total. The predicted molar refractivity (Wildman–Crippen MR) is 84.7 cm³/mol. The van der Waals surface area contributed by atoms with Crippen molar-refractivity contribution >= 4 is 17.5 Å². The first-order chi connectivity index (χ1) is 10.5. The van der Waals surface area contributed by atoms with Gasteiger partial charge < -0.3 is 10.2 Å². The highest BCUT2D eigenvalue weighted by molar-refractivity contribution is 5.91. The highest BCUT2D eigenvalue weighted by Crippen LogP contribution is 2.24. The molecule has 0 aliphatic carbocycles. The number of rotatable bonds is 5. The van der Waals surface area contributed by atoms with Gasteiger partial charge in [0.25, 0.3) is 0 Å². The van der Waals surface area contributed by atoms with Crippen molar-refractivity contribution in [2.75, 3.05) is 0 Å². The molecule has 0 fully saturated rings. The van der Waals surface area contributed by atoms with Crippen molar-refractivity contribution in [3.63, 3.8) is 0 Å². The third-order valence-corrected chi connectivity index (χ3v) is 3.38. The Morgan fingerprint density at radius 1 is 0.955 bits per heavy atom. The Bertz CT molecular complexity index is 727. The smallest absolute Gasteiger partial charge is 0.335 e. The number of carboxylic acid groups (broad SMARTS) is 2. The van der Waals surface area contributed by atoms with Crippen LogP contribution in [0.4, 0.5) is 0 Å². The lowest BCUT2D eigenvalue weighted by atomic mass is 9.98. The molecule has 0 amide bonds. The van der Waals surface area contributed by atoms with Gasteiger partial charge in [0.1, 0.15) is 0 Å². The molecular formula is C18H16O4. The molecule has 0 bridgehead atoms. The van der Waals surface area contributed by atoms with Crippen molar-refractivity contribution in [1.82, 2.24) is 0 Å². The molecule has 22 heavy (non-hydrogen) atoms. The molecule has 0 unspecified atom stereocenters. The largest absolute Gasteiger partial charge is 0.478 e. The van der Waals surface area contributed by atoms with Crippen LogP contribution in [0, 0.1) is 0 Å². The van der Waals surface area contributed by atoms with Crippen LogP contribution in [0.1, 0.15) is 29.3 Å². The van der Waals surface area contributed by atoms with E-state index in [0.29, 0.717) is 6.42 Å². The fourth-order valence-electron chi connectivity index (χ4n) is 2.25. The molecule has 0 saturated heterocycles. The summed E-state index contributed by atoms with van der Waals surface area (Å²) in [6, 6.07) is 14.1. The zero-order valence-electron chi connectivity index (χ0n) is 12.1. The first kappa shape index (κ1) is 15.5. The van der Waals surface area contributed by atoms with Crippen molar-refractivity contribution in [2.45, 2.75) is 13.3 Å². The number of aliphatic carboxylic acids is 1. The second-order valence-corrected chi connectivity index (χ2v) is 4.82. The molecule has 112 valence electrons. The molecule has 0 aliphatic heterocycles. The van der Waals surface area contributed by atoms with Gasteiger partial charge in [-0.2, -0.15) is 0 Å². The van der Waals surface area contributed by atoms with Crippen LogP contribution in [-0.2, 0) is 4.79 Å². The fourth-order valence-corrected chi connectivity index (χ4v) is 2.25. The number of carboxylic acids is 2. The summed E-state index contributed by atoms with van der Waals surface area (Å²) in [5, 5.41) is 17.9. The van der Waals surface area contributed by atoms with Gasteiger partial charge in [0.05, 0.1) is 5.56 Å². The van der Waals surface area contributed by atoms with Crippen LogP contribution in [0.15, 0.2) is 54.6 Å². The van der Waals surface area contributed by atoms with E-state index >= 15 is 0 Å². The summed E-state index contributed by atoms with van der Waals surface area (Å²) in [7, 11) is 0. The van der Waals surface area contributed by atoms with Gasteiger partial charge in [-0.15, -0.1) is 0 Å². The van der Waals surface area contributed by atoms with Gasteiger partial charge in [-0.1, -0.05) is 43.3 Å². The van der Waals surface area contributed by atoms with Crippen LogP contribution < -0.4 is 0 Å². The highest BCUT2D eigenvalue weighted by atomic mass is 16.4. The lowest BCUT2D eigenvalue weighted by Gasteiger charge is -2.07. The Labute approximate surface area is 128 Å². The summed E-state index contributed by atoms with van der Waals surface area (Å²) in [6.45, 7) is 1.90. The Morgan fingerprint density at radius 2 is 1.64 bits per heavy atom. The monoisotopic (exact) mass is 296 g/mol. The van der Waals surface area contributed by atoms with Gasteiger partial charge in [0.2, 0.25) is 0 Å². The molecule has 0 radical (unpaired) electrons. The number of benzene rings is 2. The Morgan fingerprint density at radius 3 is 2.18 bits per heavy atom. The van der Waals surface area contributed by atoms with Crippen molar-refractivity contribution < 1.29 is 19.8 Å². The van der Waals surface area contributed by atoms with Crippen LogP contribution in [0.5, 0.6) is 0 Å². The van der Waals surface area contributed by atoms with E-state index in [9.17, 15) is 9.59 Å². The van der Waals surface area contributed by atoms with E-state index in [0.717, 1.165) is 22.3 Å². The van der Waals surface area contributed by atoms with Gasteiger partial charge >= 0.3 is 11.9 Å². The maximum Gasteiger partial charge on any atom is 0.335 e. The first-order valence-corrected chi connectivity index (χ1v) is 6.89. The summed E-state index contributed by atoms with van der Waals surface area (Å²) in [6.07, 6.45) is 1.83. The molecule has 2 aromatic rings. The molecule has 2 aromatic carbocycles. The third-order valence-electron chi connectivity index (χ3n) is 3.38. The molecule has 0 saturated carbocycles. The van der Waals surface area contributed by atoms with Crippen LogP contribution in [-0.4, -0.2) is 22.2 Å². The zero-order valence-corrected chi connectivity index (χ0v) is 12.1. The molecule has 2 rings (SSSR count). The maximum atomic E-state index is 11.0. The topological polar surface area (TPSA) is 74.6 Å². The van der Waals surface area contributed by atoms with Gasteiger partial charge in [-0.05, 0) is 40.8 Å². The minimum atomic E-state index is -0.963. The molecule has 0 aliphatic rings. The SMILES string of the molecule is CC/C(=C\C(=O)O)c1ccc(-c2cccc(C(=O)O)c2)cc1. The summed E-state index contributed by atoms with van der Waals surface area (Å²) in [5.74, 6) is -1.92. The summed E-state index contributed by atoms with van der Waals surface area (Å²) in [4.78, 5) is 21.8. The van der Waals surface area contributed by atoms with Gasteiger partial charge in [0, 0.05) is 6.08 Å². The average Bonchev–Trinajstić information content (AvgIpc) is 2.52. The highest BCUT2D eigenvalue weighted by Gasteiger charge is 2.06. The van der Waals surface area contributed by atoms with Crippen molar-refractivity contribution in [3.8, 4) is 11.1 Å². The summed E-state index contributed by atoms with van der Waals surface area (Å²) >= 11 is 0. The Kier molecular flexibility index (Phi) is 4.73. The van der Waals surface area contributed by atoms with Crippen molar-refractivity contribution in [2.24, 2.45) is 0 Å². The minimum Gasteiger partial charge on any atom is -0.478 e. The van der Waals surface area contributed by atoms with E-state index in [4.69, 9.17) is 10.2 Å². The second-order valence-electron chi connectivity index (χ2n) is 4.82. The number of carbonyl (C=O) groups is 2. The summed E-state index contributed by atoms with van der Waals surface area (Å²) < 4.78 is 0. The van der Waals surface area contributed by atoms with Gasteiger partial charge in [-0.3, -0.25) is 0 Å². The van der Waals surface area contributed by atoms with E-state index in [2.05, 4.69) is 0 Å². The minimum absolute atomic E-state index is 0.238. The number of aromatic carboxylic acids is 1. The molecule has 4 heteroatoms. The van der Waals surface area contributed by atoms with Crippen molar-refractivity contribution in [3.05, 3.63) is 65.7 Å². The number of hydrogen-bond acceptors (Lipinski definition) is 2. The van der Waals surface area contributed by atoms with Crippen LogP contribution in [0.2, 0.25) is 0 Å². The van der Waals surface area contributed by atoms with Crippen molar-refractivity contribution in [1.29, 1.82) is 0 Å². The predicted octanol–water partition coefficient (Wildman–Crippen LogP) is 3.93. The Hall–Kier alpha value is -2.88. The van der Waals surface area contributed by atoms with E-state index in [-0.39, 0.29) is 5.56 Å². The molecule has 4 nitrogen and oxygen atoms in total. The quantitative estimate of drug-likeness (QED) is 0.820.